The lowest BCUT2D eigenvalue weighted by Crippen LogP contribution is -2.32. The van der Waals surface area contributed by atoms with Crippen LogP contribution in [0.4, 0.5) is 0 Å². The van der Waals surface area contributed by atoms with Crippen LogP contribution >= 0.6 is 0 Å². The maximum absolute atomic E-state index is 12.3. The minimum absolute atomic E-state index is 0.0102. The van der Waals surface area contributed by atoms with Crippen LogP contribution < -0.4 is 0 Å². The number of aliphatic carboxylic acids is 1. The summed E-state index contributed by atoms with van der Waals surface area (Å²) in [5, 5.41) is 8.64. The molecule has 0 bridgehead atoms. The van der Waals surface area contributed by atoms with E-state index >= 15 is 0 Å². The van der Waals surface area contributed by atoms with Crippen LogP contribution in [0.3, 0.4) is 0 Å². The van der Waals surface area contributed by atoms with Crippen molar-refractivity contribution in [3.05, 3.63) is 29.8 Å². The molecule has 0 atom stereocenters. The highest BCUT2D eigenvalue weighted by Crippen LogP contribution is 2.16. The molecule has 0 aliphatic carbocycles. The third kappa shape index (κ3) is 4.04. The first kappa shape index (κ1) is 15.7. The van der Waals surface area contributed by atoms with Gasteiger partial charge in [0.15, 0.2) is 0 Å². The summed E-state index contributed by atoms with van der Waals surface area (Å²) in [4.78, 5) is 10.8. The first-order chi connectivity index (χ1) is 8.91. The predicted octanol–water partition coefficient (Wildman–Crippen LogP) is 1.73. The van der Waals surface area contributed by atoms with E-state index in [-0.39, 0.29) is 24.4 Å². The van der Waals surface area contributed by atoms with Crippen molar-refractivity contribution >= 4 is 16.0 Å². The number of hydrogen-bond acceptors (Lipinski definition) is 3. The molecule has 0 radical (unpaired) electrons. The second kappa shape index (κ2) is 6.68. The minimum Gasteiger partial charge on any atom is -0.481 e. The number of aryl methyl sites for hydroxylation is 1. The van der Waals surface area contributed by atoms with Crippen molar-refractivity contribution < 1.29 is 18.3 Å². The van der Waals surface area contributed by atoms with E-state index in [4.69, 9.17) is 5.11 Å². The van der Waals surface area contributed by atoms with Crippen molar-refractivity contribution in [3.63, 3.8) is 0 Å². The lowest BCUT2D eigenvalue weighted by atomic mass is 10.2. The maximum Gasteiger partial charge on any atom is 0.304 e. The first-order valence-electron chi connectivity index (χ1n) is 6.22. The topological polar surface area (TPSA) is 74.7 Å². The summed E-state index contributed by atoms with van der Waals surface area (Å²) >= 11 is 0. The average Bonchev–Trinajstić information content (AvgIpc) is 2.39. The average molecular weight is 285 g/mol. The highest BCUT2D eigenvalue weighted by Gasteiger charge is 2.23. The summed E-state index contributed by atoms with van der Waals surface area (Å²) in [6, 6.07) is 6.69. The summed E-state index contributed by atoms with van der Waals surface area (Å²) in [6.45, 7) is 3.93. The number of hydrogen-bond donors (Lipinski definition) is 1. The van der Waals surface area contributed by atoms with Gasteiger partial charge in [-0.15, -0.1) is 0 Å². The van der Waals surface area contributed by atoms with Crippen LogP contribution in [-0.2, 0) is 21.2 Å². The van der Waals surface area contributed by atoms with Crippen molar-refractivity contribution in [2.75, 3.05) is 13.1 Å². The van der Waals surface area contributed by atoms with Crippen LogP contribution in [0.5, 0.6) is 0 Å². The van der Waals surface area contributed by atoms with E-state index in [0.717, 1.165) is 12.0 Å². The first-order valence-corrected chi connectivity index (χ1v) is 7.66. The van der Waals surface area contributed by atoms with Gasteiger partial charge in [-0.25, -0.2) is 8.42 Å². The van der Waals surface area contributed by atoms with E-state index in [2.05, 4.69) is 0 Å². The molecule has 1 aromatic carbocycles. The van der Waals surface area contributed by atoms with Gasteiger partial charge in [-0.3, -0.25) is 4.79 Å². The number of rotatable bonds is 7. The Kier molecular flexibility index (Phi) is 5.50. The molecule has 0 aromatic heterocycles. The van der Waals surface area contributed by atoms with Gasteiger partial charge in [-0.1, -0.05) is 26.0 Å². The molecule has 106 valence electrons. The SMILES string of the molecule is CCc1ccc(S(=O)(=O)N(CC)CCC(=O)O)cc1. The highest BCUT2D eigenvalue weighted by atomic mass is 32.2. The van der Waals surface area contributed by atoms with Crippen molar-refractivity contribution in [1.82, 2.24) is 4.31 Å². The van der Waals surface area contributed by atoms with Gasteiger partial charge >= 0.3 is 5.97 Å². The van der Waals surface area contributed by atoms with E-state index in [1.807, 2.05) is 6.92 Å². The quantitative estimate of drug-likeness (QED) is 0.828. The Labute approximate surface area is 113 Å². The highest BCUT2D eigenvalue weighted by molar-refractivity contribution is 7.89. The Balaban J connectivity index is 2.95. The van der Waals surface area contributed by atoms with E-state index in [1.54, 1.807) is 31.2 Å². The Morgan fingerprint density at radius 2 is 1.79 bits per heavy atom. The molecule has 0 saturated carbocycles. The standard InChI is InChI=1S/C13H19NO4S/c1-3-11-5-7-12(8-6-11)19(17,18)14(4-2)10-9-13(15)16/h5-8H,3-4,9-10H2,1-2H3,(H,15,16). The fraction of sp³-hybridized carbons (Fsp3) is 0.462. The summed E-state index contributed by atoms with van der Waals surface area (Å²) in [6.07, 6.45) is 0.650. The van der Waals surface area contributed by atoms with Crippen molar-refractivity contribution in [2.45, 2.75) is 31.6 Å². The van der Waals surface area contributed by atoms with E-state index in [9.17, 15) is 13.2 Å². The molecular formula is C13H19NO4S. The van der Waals surface area contributed by atoms with Gasteiger partial charge in [0.1, 0.15) is 0 Å². The molecule has 0 aliphatic heterocycles. The normalized spacial score (nSPS) is 11.7. The molecule has 19 heavy (non-hydrogen) atoms. The van der Waals surface area contributed by atoms with Crippen molar-refractivity contribution in [2.24, 2.45) is 0 Å². The van der Waals surface area contributed by atoms with Crippen LogP contribution in [-0.4, -0.2) is 36.9 Å². The molecule has 1 aromatic rings. The van der Waals surface area contributed by atoms with E-state index in [1.165, 1.54) is 4.31 Å². The number of sulfonamides is 1. The molecule has 0 saturated heterocycles. The van der Waals surface area contributed by atoms with E-state index < -0.39 is 16.0 Å². The fourth-order valence-electron chi connectivity index (χ4n) is 1.71. The van der Waals surface area contributed by atoms with Crippen molar-refractivity contribution in [1.29, 1.82) is 0 Å². The minimum atomic E-state index is -3.60. The maximum atomic E-state index is 12.3. The predicted molar refractivity (Wildman–Crippen MR) is 72.5 cm³/mol. The van der Waals surface area contributed by atoms with Gasteiger partial charge in [0.05, 0.1) is 11.3 Å². The van der Waals surface area contributed by atoms with Crippen LogP contribution in [0, 0.1) is 0 Å². The fourth-order valence-corrected chi connectivity index (χ4v) is 3.16. The molecule has 0 aliphatic rings. The van der Waals surface area contributed by atoms with Gasteiger partial charge in [-0.05, 0) is 24.1 Å². The van der Waals surface area contributed by atoms with Crippen LogP contribution in [0.15, 0.2) is 29.2 Å². The largest absolute Gasteiger partial charge is 0.481 e. The van der Waals surface area contributed by atoms with Crippen LogP contribution in [0.25, 0.3) is 0 Å². The molecule has 0 spiro atoms. The molecule has 0 fully saturated rings. The molecule has 0 unspecified atom stereocenters. The second-order valence-corrected chi connectivity index (χ2v) is 6.08. The van der Waals surface area contributed by atoms with Gasteiger partial charge in [-0.2, -0.15) is 4.31 Å². The summed E-state index contributed by atoms with van der Waals surface area (Å²) < 4.78 is 25.8. The number of carbonyl (C=O) groups is 1. The number of carboxylic acid groups (broad SMARTS) is 1. The second-order valence-electron chi connectivity index (χ2n) is 4.14. The molecule has 5 nitrogen and oxygen atoms in total. The van der Waals surface area contributed by atoms with E-state index in [0.29, 0.717) is 0 Å². The molecular weight excluding hydrogens is 266 g/mol. The third-order valence-corrected chi connectivity index (χ3v) is 4.89. The zero-order valence-electron chi connectivity index (χ0n) is 11.2. The lowest BCUT2D eigenvalue weighted by molar-refractivity contribution is -0.137. The summed E-state index contributed by atoms with van der Waals surface area (Å²) in [7, 11) is -3.60. The molecule has 6 heteroatoms. The smallest absolute Gasteiger partial charge is 0.304 e. The van der Waals surface area contributed by atoms with Crippen LogP contribution in [0.1, 0.15) is 25.8 Å². The summed E-state index contributed by atoms with van der Waals surface area (Å²) in [5.41, 5.74) is 1.06. The van der Waals surface area contributed by atoms with Gasteiger partial charge in [0.2, 0.25) is 10.0 Å². The molecule has 1 rings (SSSR count). The number of carboxylic acids is 1. The molecule has 1 N–H and O–H groups in total. The van der Waals surface area contributed by atoms with Crippen molar-refractivity contribution in [3.8, 4) is 0 Å². The van der Waals surface area contributed by atoms with Gasteiger partial charge in [0, 0.05) is 13.1 Å². The van der Waals surface area contributed by atoms with Crippen LogP contribution in [0.2, 0.25) is 0 Å². The Hall–Kier alpha value is -1.40. The lowest BCUT2D eigenvalue weighted by Gasteiger charge is -2.19. The number of nitrogens with zero attached hydrogens (tertiary/aromatic N) is 1. The Morgan fingerprint density at radius 1 is 1.21 bits per heavy atom. The Morgan fingerprint density at radius 3 is 2.21 bits per heavy atom. The zero-order valence-corrected chi connectivity index (χ0v) is 12.0. The summed E-state index contributed by atoms with van der Waals surface area (Å²) in [5.74, 6) is -1.00. The van der Waals surface area contributed by atoms with Gasteiger partial charge < -0.3 is 5.11 Å². The zero-order chi connectivity index (χ0) is 14.5. The third-order valence-electron chi connectivity index (χ3n) is 2.90. The monoisotopic (exact) mass is 285 g/mol. The number of benzene rings is 1. The van der Waals surface area contributed by atoms with Gasteiger partial charge in [0.25, 0.3) is 0 Å². The molecule has 0 heterocycles. The molecule has 0 amide bonds. The Bertz CT molecular complexity index is 522.